The molecule has 1 aliphatic heterocycles. The summed E-state index contributed by atoms with van der Waals surface area (Å²) in [6.45, 7) is 3.96. The fraction of sp³-hybridized carbons (Fsp3) is 1.00. The molecule has 2 aliphatic rings. The van der Waals surface area contributed by atoms with E-state index >= 15 is 0 Å². The highest BCUT2D eigenvalue weighted by molar-refractivity contribution is 4.84. The number of likely N-dealkylation sites (tertiary alicyclic amines) is 1. The minimum atomic E-state index is -0.247. The second-order valence-corrected chi connectivity index (χ2v) is 6.57. The van der Waals surface area contributed by atoms with Crippen LogP contribution in [0.1, 0.15) is 38.5 Å². The molecule has 0 spiro atoms. The first kappa shape index (κ1) is 15.2. The molecule has 2 rings (SSSR count). The van der Waals surface area contributed by atoms with Gasteiger partial charge in [-0.25, -0.2) is 0 Å². The zero-order valence-electron chi connectivity index (χ0n) is 12.6. The van der Waals surface area contributed by atoms with Crippen molar-refractivity contribution >= 4 is 0 Å². The molecule has 0 radical (unpaired) electrons. The molecule has 19 heavy (non-hydrogen) atoms. The van der Waals surface area contributed by atoms with Crippen molar-refractivity contribution in [3.8, 4) is 0 Å². The number of nitrogens with one attached hydrogen (secondary N) is 1. The molecule has 4 nitrogen and oxygen atoms in total. The summed E-state index contributed by atoms with van der Waals surface area (Å²) >= 11 is 0. The summed E-state index contributed by atoms with van der Waals surface area (Å²) in [5.74, 6) is 0. The maximum atomic E-state index is 9.86. The standard InChI is InChI=1S/C15H31N3O/c1-17(2)12-15(19)11-16-13-7-9-18(10-8-13)14-5-3-4-6-14/h13-16,19H,3-12H2,1-2H3. The number of hydrogen-bond donors (Lipinski definition) is 2. The average molecular weight is 269 g/mol. The van der Waals surface area contributed by atoms with Crippen LogP contribution >= 0.6 is 0 Å². The zero-order valence-corrected chi connectivity index (χ0v) is 12.6. The topological polar surface area (TPSA) is 38.7 Å². The first-order chi connectivity index (χ1) is 9.15. The number of likely N-dealkylation sites (N-methyl/N-ethyl adjacent to an activating group) is 1. The van der Waals surface area contributed by atoms with Crippen molar-refractivity contribution in [3.05, 3.63) is 0 Å². The Balaban J connectivity index is 1.60. The number of rotatable bonds is 6. The molecule has 0 aromatic carbocycles. The molecule has 0 aromatic rings. The van der Waals surface area contributed by atoms with E-state index in [9.17, 15) is 5.11 Å². The summed E-state index contributed by atoms with van der Waals surface area (Å²) in [6, 6.07) is 1.48. The van der Waals surface area contributed by atoms with E-state index in [-0.39, 0.29) is 6.10 Å². The summed E-state index contributed by atoms with van der Waals surface area (Å²) in [5, 5.41) is 13.4. The fourth-order valence-corrected chi connectivity index (χ4v) is 3.53. The number of hydrogen-bond acceptors (Lipinski definition) is 4. The maximum absolute atomic E-state index is 9.86. The van der Waals surface area contributed by atoms with Gasteiger partial charge in [0.1, 0.15) is 0 Å². The van der Waals surface area contributed by atoms with E-state index in [1.54, 1.807) is 0 Å². The first-order valence-corrected chi connectivity index (χ1v) is 7.95. The summed E-state index contributed by atoms with van der Waals surface area (Å²) in [7, 11) is 4.01. The lowest BCUT2D eigenvalue weighted by Gasteiger charge is -2.36. The molecule has 112 valence electrons. The van der Waals surface area contributed by atoms with Gasteiger partial charge >= 0.3 is 0 Å². The summed E-state index contributed by atoms with van der Waals surface area (Å²) in [6.07, 6.45) is 7.93. The highest BCUT2D eigenvalue weighted by atomic mass is 16.3. The minimum absolute atomic E-state index is 0.247. The Morgan fingerprint density at radius 3 is 2.37 bits per heavy atom. The van der Waals surface area contributed by atoms with Crippen LogP contribution in [-0.4, -0.2) is 73.4 Å². The maximum Gasteiger partial charge on any atom is 0.0791 e. The molecule has 1 aliphatic carbocycles. The van der Waals surface area contributed by atoms with E-state index in [1.807, 2.05) is 19.0 Å². The zero-order chi connectivity index (χ0) is 13.7. The van der Waals surface area contributed by atoms with Crippen LogP contribution in [0.3, 0.4) is 0 Å². The van der Waals surface area contributed by atoms with Crippen LogP contribution in [0.4, 0.5) is 0 Å². The Morgan fingerprint density at radius 2 is 1.79 bits per heavy atom. The SMILES string of the molecule is CN(C)CC(O)CNC1CCN(C2CCCC2)CC1. The summed E-state index contributed by atoms with van der Waals surface area (Å²) in [4.78, 5) is 4.73. The Bertz CT molecular complexity index is 246. The molecule has 2 N–H and O–H groups in total. The highest BCUT2D eigenvalue weighted by Crippen LogP contribution is 2.26. The molecule has 1 atom stereocenters. The molecule has 4 heteroatoms. The molecular formula is C15H31N3O. The van der Waals surface area contributed by atoms with Crippen LogP contribution in [0.15, 0.2) is 0 Å². The summed E-state index contributed by atoms with van der Waals surface area (Å²) < 4.78 is 0. The number of aliphatic hydroxyl groups excluding tert-OH is 1. The van der Waals surface area contributed by atoms with Gasteiger partial charge in [-0.15, -0.1) is 0 Å². The van der Waals surface area contributed by atoms with Gasteiger partial charge in [0.15, 0.2) is 0 Å². The van der Waals surface area contributed by atoms with Gasteiger partial charge < -0.3 is 20.2 Å². The van der Waals surface area contributed by atoms with Gasteiger partial charge in [-0.3, -0.25) is 0 Å². The number of aliphatic hydroxyl groups is 1. The van der Waals surface area contributed by atoms with Crippen molar-refractivity contribution in [2.75, 3.05) is 40.3 Å². The van der Waals surface area contributed by atoms with Crippen LogP contribution in [-0.2, 0) is 0 Å². The molecule has 1 saturated carbocycles. The lowest BCUT2D eigenvalue weighted by Crippen LogP contribution is -2.48. The number of nitrogens with zero attached hydrogens (tertiary/aromatic N) is 2. The van der Waals surface area contributed by atoms with E-state index in [0.717, 1.165) is 19.1 Å². The van der Waals surface area contributed by atoms with Crippen molar-refractivity contribution in [2.45, 2.75) is 56.7 Å². The average Bonchev–Trinajstić information content (AvgIpc) is 2.90. The van der Waals surface area contributed by atoms with Crippen LogP contribution in [0, 0.1) is 0 Å². The monoisotopic (exact) mass is 269 g/mol. The predicted molar refractivity (Wildman–Crippen MR) is 79.4 cm³/mol. The van der Waals surface area contributed by atoms with Crippen LogP contribution < -0.4 is 5.32 Å². The third-order valence-corrected chi connectivity index (χ3v) is 4.59. The second kappa shape index (κ2) is 7.58. The smallest absolute Gasteiger partial charge is 0.0791 e. The highest BCUT2D eigenvalue weighted by Gasteiger charge is 2.26. The fourth-order valence-electron chi connectivity index (χ4n) is 3.53. The Kier molecular flexibility index (Phi) is 6.07. The van der Waals surface area contributed by atoms with E-state index in [1.165, 1.54) is 51.6 Å². The van der Waals surface area contributed by atoms with Gasteiger partial charge in [0.2, 0.25) is 0 Å². The van der Waals surface area contributed by atoms with E-state index in [2.05, 4.69) is 10.2 Å². The number of piperidine rings is 1. The predicted octanol–water partition coefficient (Wildman–Crippen LogP) is 0.906. The van der Waals surface area contributed by atoms with Crippen molar-refractivity contribution in [1.82, 2.24) is 15.1 Å². The van der Waals surface area contributed by atoms with Gasteiger partial charge in [0.25, 0.3) is 0 Å². The third kappa shape index (κ3) is 5.03. The van der Waals surface area contributed by atoms with E-state index in [0.29, 0.717) is 6.04 Å². The van der Waals surface area contributed by atoms with Crippen LogP contribution in [0.2, 0.25) is 0 Å². The van der Waals surface area contributed by atoms with E-state index < -0.39 is 0 Å². The third-order valence-electron chi connectivity index (χ3n) is 4.59. The molecule has 1 heterocycles. The Hall–Kier alpha value is -0.160. The molecule has 1 unspecified atom stereocenters. The normalized spacial score (nSPS) is 25.3. The second-order valence-electron chi connectivity index (χ2n) is 6.57. The molecule has 0 bridgehead atoms. The summed E-state index contributed by atoms with van der Waals surface area (Å²) in [5.41, 5.74) is 0. The van der Waals surface area contributed by atoms with Gasteiger partial charge in [0, 0.05) is 25.2 Å². The van der Waals surface area contributed by atoms with Crippen molar-refractivity contribution < 1.29 is 5.11 Å². The van der Waals surface area contributed by atoms with Gasteiger partial charge in [-0.2, -0.15) is 0 Å². The van der Waals surface area contributed by atoms with Gasteiger partial charge in [-0.1, -0.05) is 12.8 Å². The molecule has 0 amide bonds. The first-order valence-electron chi connectivity index (χ1n) is 7.95. The van der Waals surface area contributed by atoms with Crippen molar-refractivity contribution in [1.29, 1.82) is 0 Å². The molecule has 2 fully saturated rings. The van der Waals surface area contributed by atoms with Gasteiger partial charge in [0.05, 0.1) is 6.10 Å². The largest absolute Gasteiger partial charge is 0.390 e. The van der Waals surface area contributed by atoms with Crippen LogP contribution in [0.25, 0.3) is 0 Å². The minimum Gasteiger partial charge on any atom is -0.390 e. The molecule has 1 saturated heterocycles. The molecule has 0 aromatic heterocycles. The van der Waals surface area contributed by atoms with Crippen molar-refractivity contribution in [3.63, 3.8) is 0 Å². The van der Waals surface area contributed by atoms with Gasteiger partial charge in [-0.05, 0) is 52.9 Å². The quantitative estimate of drug-likeness (QED) is 0.752. The molecular weight excluding hydrogens is 238 g/mol. The lowest BCUT2D eigenvalue weighted by molar-refractivity contribution is 0.114. The Morgan fingerprint density at radius 1 is 1.16 bits per heavy atom. The van der Waals surface area contributed by atoms with E-state index in [4.69, 9.17) is 0 Å². The Labute approximate surface area is 118 Å². The van der Waals surface area contributed by atoms with Crippen molar-refractivity contribution in [2.24, 2.45) is 0 Å². The van der Waals surface area contributed by atoms with Crippen LogP contribution in [0.5, 0.6) is 0 Å². The lowest BCUT2D eigenvalue weighted by atomic mass is 10.0.